The van der Waals surface area contributed by atoms with Gasteiger partial charge in [0.15, 0.2) is 5.69 Å². The molecule has 3 fully saturated rings. The van der Waals surface area contributed by atoms with E-state index in [0.717, 1.165) is 80.4 Å². The molecule has 1 aliphatic carbocycles. The molecule has 2 aromatic carbocycles. The van der Waals surface area contributed by atoms with E-state index in [0.29, 0.717) is 17.5 Å². The number of aryl methyl sites for hydroxylation is 1. The molecule has 0 bridgehead atoms. The number of anilines is 1. The third-order valence-corrected chi connectivity index (χ3v) is 8.44. The number of hydrogen-bond acceptors (Lipinski definition) is 5. The maximum Gasteiger partial charge on any atom is 0.276 e. The van der Waals surface area contributed by atoms with Gasteiger partial charge in [0.1, 0.15) is 0 Å². The van der Waals surface area contributed by atoms with E-state index in [1.807, 2.05) is 41.1 Å². The molecule has 1 saturated carbocycles. The van der Waals surface area contributed by atoms with Crippen molar-refractivity contribution in [1.82, 2.24) is 20.6 Å². The number of amides is 2. The van der Waals surface area contributed by atoms with Gasteiger partial charge in [0, 0.05) is 36.8 Å². The second-order valence-electron chi connectivity index (χ2n) is 10.8. The number of benzene rings is 2. The zero-order chi connectivity index (χ0) is 25.4. The molecule has 2 aliphatic heterocycles. The summed E-state index contributed by atoms with van der Waals surface area (Å²) in [5.74, 6) is 0.788. The topological polar surface area (TPSA) is 97.3 Å². The number of nitrogens with one attached hydrogen (secondary N) is 3. The monoisotopic (exact) mass is 501 g/mol. The fourth-order valence-corrected chi connectivity index (χ4v) is 6.44. The highest BCUT2D eigenvalue weighted by atomic mass is 16.5. The fraction of sp³-hybridized carbons (Fsp3) is 0.483. The van der Waals surface area contributed by atoms with E-state index in [4.69, 9.17) is 9.84 Å². The number of nitrogens with zero attached hydrogens (tertiary/aromatic N) is 2. The Balaban J connectivity index is 1.21. The summed E-state index contributed by atoms with van der Waals surface area (Å²) in [4.78, 5) is 25.8. The van der Waals surface area contributed by atoms with Crippen LogP contribution in [0.2, 0.25) is 0 Å². The molecule has 0 radical (unpaired) electrons. The van der Waals surface area contributed by atoms with Gasteiger partial charge in [-0.05, 0) is 73.8 Å². The number of ether oxygens (including phenoxy) is 1. The first-order valence-corrected chi connectivity index (χ1v) is 13.6. The average molecular weight is 502 g/mol. The minimum Gasteiger partial charge on any atom is -0.381 e. The summed E-state index contributed by atoms with van der Waals surface area (Å²) in [6.45, 7) is 4.43. The van der Waals surface area contributed by atoms with Gasteiger partial charge >= 0.3 is 0 Å². The van der Waals surface area contributed by atoms with Crippen LogP contribution in [0.25, 0.3) is 10.9 Å². The number of fused-ring (bicyclic) bond motifs is 2. The van der Waals surface area contributed by atoms with E-state index < -0.39 is 0 Å². The number of hydrazine groups is 1. The van der Waals surface area contributed by atoms with Crippen molar-refractivity contribution in [2.24, 2.45) is 17.8 Å². The van der Waals surface area contributed by atoms with Gasteiger partial charge in [0.25, 0.3) is 5.91 Å². The van der Waals surface area contributed by atoms with Crippen molar-refractivity contribution < 1.29 is 14.3 Å². The number of carbonyl (C=O) groups is 2. The van der Waals surface area contributed by atoms with Gasteiger partial charge in [0.05, 0.1) is 11.6 Å². The van der Waals surface area contributed by atoms with E-state index in [1.165, 1.54) is 5.56 Å². The Morgan fingerprint density at radius 3 is 2.76 bits per heavy atom. The van der Waals surface area contributed by atoms with E-state index in [-0.39, 0.29) is 23.8 Å². The van der Waals surface area contributed by atoms with Crippen LogP contribution in [0.3, 0.4) is 0 Å². The van der Waals surface area contributed by atoms with Crippen LogP contribution in [0.5, 0.6) is 0 Å². The largest absolute Gasteiger partial charge is 0.381 e. The molecule has 3 unspecified atom stereocenters. The maximum atomic E-state index is 13.4. The van der Waals surface area contributed by atoms with Crippen molar-refractivity contribution >= 4 is 28.4 Å². The van der Waals surface area contributed by atoms with Gasteiger partial charge in [-0.3, -0.25) is 19.7 Å². The summed E-state index contributed by atoms with van der Waals surface area (Å²) in [7, 11) is 0. The lowest BCUT2D eigenvalue weighted by Crippen LogP contribution is -2.55. The lowest BCUT2D eigenvalue weighted by Gasteiger charge is -2.41. The molecule has 3 heterocycles. The highest BCUT2D eigenvalue weighted by Gasteiger charge is 2.41. The first-order chi connectivity index (χ1) is 18.1. The Morgan fingerprint density at radius 2 is 1.92 bits per heavy atom. The lowest BCUT2D eigenvalue weighted by atomic mass is 9.71. The van der Waals surface area contributed by atoms with Crippen molar-refractivity contribution in [3.05, 3.63) is 59.3 Å². The number of aromatic nitrogens is 2. The molecule has 3 aromatic rings. The predicted molar refractivity (Wildman–Crippen MR) is 142 cm³/mol. The standard InChI is InChI=1S/C29H35N5O3/c1-18-16-20(10-11-21(18)26-22-6-2-3-7-23(22)28(35)32-31-26)30-29(36)27-24-8-4-5-9-25(24)34(33-27)17-19-12-14-37-15-13-19/h4-5,8-11,16,19,22-23,26,31H,2-3,6-7,12-15,17H2,1H3,(H,30,36)(H,32,35). The Hall–Kier alpha value is -3.23. The Morgan fingerprint density at radius 1 is 1.11 bits per heavy atom. The van der Waals surface area contributed by atoms with E-state index in [2.05, 4.69) is 29.2 Å². The summed E-state index contributed by atoms with van der Waals surface area (Å²) in [5.41, 5.74) is 10.6. The van der Waals surface area contributed by atoms with Gasteiger partial charge in [-0.25, -0.2) is 5.43 Å². The number of rotatable bonds is 5. The Kier molecular flexibility index (Phi) is 6.69. The van der Waals surface area contributed by atoms with Crippen LogP contribution in [0.1, 0.15) is 66.2 Å². The van der Waals surface area contributed by atoms with Crippen LogP contribution in [-0.4, -0.2) is 34.8 Å². The minimum atomic E-state index is -0.204. The van der Waals surface area contributed by atoms with Crippen LogP contribution < -0.4 is 16.2 Å². The van der Waals surface area contributed by atoms with Gasteiger partial charge in [-0.15, -0.1) is 0 Å². The second-order valence-corrected chi connectivity index (χ2v) is 10.8. The van der Waals surface area contributed by atoms with E-state index in [9.17, 15) is 9.59 Å². The predicted octanol–water partition coefficient (Wildman–Crippen LogP) is 4.51. The normalized spacial score (nSPS) is 24.5. The molecule has 6 rings (SSSR count). The summed E-state index contributed by atoms with van der Waals surface area (Å²) in [5, 5.41) is 8.70. The summed E-state index contributed by atoms with van der Waals surface area (Å²) in [6.07, 6.45) is 6.32. The molecule has 3 atom stereocenters. The van der Waals surface area contributed by atoms with Crippen LogP contribution in [0, 0.1) is 24.7 Å². The summed E-state index contributed by atoms with van der Waals surface area (Å²) in [6, 6.07) is 14.1. The quantitative estimate of drug-likeness (QED) is 0.478. The molecule has 3 N–H and O–H groups in total. The SMILES string of the molecule is Cc1cc(NC(=O)c2nn(CC3CCOCC3)c3ccccc23)ccc1C1NNC(=O)C2CCCCC21. The second kappa shape index (κ2) is 10.3. The van der Waals surface area contributed by atoms with Gasteiger partial charge in [-0.1, -0.05) is 37.1 Å². The molecule has 3 aliphatic rings. The molecule has 8 heteroatoms. The Bertz CT molecular complexity index is 1310. The van der Waals surface area contributed by atoms with E-state index >= 15 is 0 Å². The van der Waals surface area contributed by atoms with Crippen molar-refractivity contribution in [2.75, 3.05) is 18.5 Å². The molecular weight excluding hydrogens is 466 g/mol. The van der Waals surface area contributed by atoms with Crippen molar-refractivity contribution in [2.45, 2.75) is 58.0 Å². The van der Waals surface area contributed by atoms with Gasteiger partial charge in [-0.2, -0.15) is 5.10 Å². The van der Waals surface area contributed by atoms with Crippen molar-refractivity contribution in [3.8, 4) is 0 Å². The Labute approximate surface area is 217 Å². The molecule has 0 spiro atoms. The molecule has 2 amide bonds. The zero-order valence-electron chi connectivity index (χ0n) is 21.3. The molecule has 1 aromatic heterocycles. The molecule has 194 valence electrons. The smallest absolute Gasteiger partial charge is 0.276 e. The summed E-state index contributed by atoms with van der Waals surface area (Å²) >= 11 is 0. The van der Waals surface area contributed by atoms with Crippen LogP contribution in [-0.2, 0) is 16.1 Å². The van der Waals surface area contributed by atoms with Crippen LogP contribution >= 0.6 is 0 Å². The lowest BCUT2D eigenvalue weighted by molar-refractivity contribution is -0.133. The van der Waals surface area contributed by atoms with Crippen molar-refractivity contribution in [1.29, 1.82) is 0 Å². The van der Waals surface area contributed by atoms with Crippen molar-refractivity contribution in [3.63, 3.8) is 0 Å². The highest BCUT2D eigenvalue weighted by molar-refractivity contribution is 6.11. The number of para-hydroxylation sites is 1. The number of carbonyl (C=O) groups excluding carboxylic acids is 2. The highest BCUT2D eigenvalue weighted by Crippen LogP contribution is 2.41. The summed E-state index contributed by atoms with van der Waals surface area (Å²) < 4.78 is 7.49. The average Bonchev–Trinajstić information content (AvgIpc) is 3.29. The minimum absolute atomic E-state index is 0.0725. The van der Waals surface area contributed by atoms with Gasteiger partial charge in [0.2, 0.25) is 5.91 Å². The van der Waals surface area contributed by atoms with E-state index in [1.54, 1.807) is 0 Å². The first-order valence-electron chi connectivity index (χ1n) is 13.6. The van der Waals surface area contributed by atoms with Crippen LogP contribution in [0.4, 0.5) is 5.69 Å². The molecular formula is C29H35N5O3. The third-order valence-electron chi connectivity index (χ3n) is 8.44. The zero-order valence-corrected chi connectivity index (χ0v) is 21.3. The number of hydrogen-bond donors (Lipinski definition) is 3. The maximum absolute atomic E-state index is 13.4. The van der Waals surface area contributed by atoms with Gasteiger partial charge < -0.3 is 10.1 Å². The molecule has 8 nitrogen and oxygen atoms in total. The molecule has 37 heavy (non-hydrogen) atoms. The molecule has 2 saturated heterocycles. The van der Waals surface area contributed by atoms with Crippen LogP contribution in [0.15, 0.2) is 42.5 Å². The fourth-order valence-electron chi connectivity index (χ4n) is 6.44. The third kappa shape index (κ3) is 4.76. The first kappa shape index (κ1) is 24.1.